The third kappa shape index (κ3) is 13.1. The average molecular weight is 1100 g/mol. The molecule has 3 N–H and O–H groups in total. The SMILES string of the molecule is N#CCCOP(=O)(Oc1ccc(Cl)cc1)OC1CC(n2ccc(NC(=O)c3ccccc3)nc2=O)OC1COP(=O)(Oc1ccc(Cl)cc1)OC1CC(n2cnc3c(NC(=O)c4ccccc4)ncnc32)OC1CO. The second-order valence-corrected chi connectivity index (χ2v) is 20.4. The van der Waals surface area contributed by atoms with Crippen LogP contribution in [0.25, 0.3) is 11.2 Å². The van der Waals surface area contributed by atoms with Gasteiger partial charge in [-0.1, -0.05) is 59.6 Å². The summed E-state index contributed by atoms with van der Waals surface area (Å²) in [6.45, 7) is -1.72. The first-order valence-electron chi connectivity index (χ1n) is 22.8. The number of rotatable bonds is 21. The molecule has 75 heavy (non-hydrogen) atoms. The van der Waals surface area contributed by atoms with Crippen molar-refractivity contribution in [3.63, 3.8) is 0 Å². The number of benzene rings is 4. The van der Waals surface area contributed by atoms with Crippen LogP contribution in [0.1, 0.15) is 52.4 Å². The summed E-state index contributed by atoms with van der Waals surface area (Å²) in [6, 6.07) is 31.6. The maximum atomic E-state index is 15.1. The molecule has 5 heterocycles. The standard InChI is InChI=1S/C48H43Cl2N9O14P2/c49-32-12-16-34(17-13-32)70-74(64,66-23-7-21-51)73-37-25-41(58-22-20-40(56-48(58)63)55-46(61)30-8-3-1-4-9-30)69-39(37)27-67-75(65,71-35-18-14-33(50)15-19-35)72-36-24-42(68-38(36)26-60)59-29-54-43-44(52-28-53-45(43)59)57-47(62)31-10-5-2-6-11-31/h1-6,8-20,22,28-29,36-39,41-42,60H,7,23-27H2,(H,52,53,57,62)(H,55,56,61,63). The Kier molecular flexibility index (Phi) is 16.8. The van der Waals surface area contributed by atoms with Gasteiger partial charge in [-0.15, -0.1) is 0 Å². The van der Waals surface area contributed by atoms with Crippen LogP contribution in [0.4, 0.5) is 11.6 Å². The number of phosphoric ester groups is 2. The summed E-state index contributed by atoms with van der Waals surface area (Å²) >= 11 is 12.2. The molecule has 2 aliphatic rings. The number of halogens is 2. The van der Waals surface area contributed by atoms with Gasteiger partial charge in [-0.2, -0.15) is 10.2 Å². The van der Waals surface area contributed by atoms with E-state index in [1.54, 1.807) is 60.7 Å². The minimum Gasteiger partial charge on any atom is -0.404 e. The van der Waals surface area contributed by atoms with Gasteiger partial charge in [0.05, 0.1) is 38.6 Å². The third-order valence-corrected chi connectivity index (χ3v) is 14.7. The van der Waals surface area contributed by atoms with Crippen molar-refractivity contribution in [1.82, 2.24) is 29.1 Å². The van der Waals surface area contributed by atoms with Gasteiger partial charge in [0.2, 0.25) is 0 Å². The third-order valence-electron chi connectivity index (χ3n) is 11.3. The van der Waals surface area contributed by atoms with Crippen LogP contribution in [0, 0.1) is 11.3 Å². The smallest absolute Gasteiger partial charge is 0.404 e. The average Bonchev–Trinajstić information content (AvgIpc) is 4.15. The van der Waals surface area contributed by atoms with Gasteiger partial charge in [0.15, 0.2) is 17.0 Å². The molecule has 0 radical (unpaired) electrons. The molecule has 2 saturated heterocycles. The van der Waals surface area contributed by atoms with E-state index >= 15 is 4.57 Å². The number of amides is 2. The Hall–Kier alpha value is -6.90. The zero-order chi connectivity index (χ0) is 52.5. The Bertz CT molecular complexity index is 3340. The number of hydrogen-bond acceptors (Lipinski definition) is 19. The Labute approximate surface area is 436 Å². The van der Waals surface area contributed by atoms with Gasteiger partial charge < -0.3 is 34.3 Å². The number of carbonyl (C=O) groups excluding carboxylic acids is 2. The van der Waals surface area contributed by atoms with Crippen LogP contribution in [-0.2, 0) is 36.7 Å². The van der Waals surface area contributed by atoms with Gasteiger partial charge in [-0.25, -0.2) is 28.9 Å². The number of nitriles is 1. The Morgan fingerprint density at radius 1 is 0.733 bits per heavy atom. The van der Waals surface area contributed by atoms with Crippen molar-refractivity contribution in [3.8, 4) is 17.6 Å². The van der Waals surface area contributed by atoms with Gasteiger partial charge in [0, 0.05) is 40.2 Å². The van der Waals surface area contributed by atoms with E-state index in [-0.39, 0.29) is 60.2 Å². The van der Waals surface area contributed by atoms with Crippen LogP contribution in [0.3, 0.4) is 0 Å². The molecular weight excluding hydrogens is 1060 g/mol. The van der Waals surface area contributed by atoms with Gasteiger partial charge in [0.25, 0.3) is 11.8 Å². The topological polar surface area (TPSA) is 289 Å². The predicted molar refractivity (Wildman–Crippen MR) is 268 cm³/mol. The Morgan fingerprint density at radius 3 is 1.88 bits per heavy atom. The molecule has 2 aliphatic heterocycles. The molecule has 4 aromatic carbocycles. The van der Waals surface area contributed by atoms with E-state index in [9.17, 15) is 29.3 Å². The summed E-state index contributed by atoms with van der Waals surface area (Å²) in [5, 5.41) is 25.9. The summed E-state index contributed by atoms with van der Waals surface area (Å²) in [5.74, 6) is -0.879. The number of nitrogens with one attached hydrogen (secondary N) is 2. The number of aromatic nitrogens is 6. The van der Waals surface area contributed by atoms with Crippen molar-refractivity contribution in [2.24, 2.45) is 0 Å². The van der Waals surface area contributed by atoms with E-state index in [1.165, 1.54) is 78.0 Å². The summed E-state index contributed by atoms with van der Waals surface area (Å²) in [6.07, 6.45) is -3.83. The summed E-state index contributed by atoms with van der Waals surface area (Å²) in [4.78, 5) is 56.6. The number of anilines is 2. The van der Waals surface area contributed by atoms with Gasteiger partial charge in [-0.05, 0) is 78.9 Å². The molecule has 388 valence electrons. The molecule has 23 nitrogen and oxygen atoms in total. The fraction of sp³-hybridized carbons (Fsp3) is 0.250. The summed E-state index contributed by atoms with van der Waals surface area (Å²) in [7, 11) is -9.58. The minimum atomic E-state index is -4.89. The predicted octanol–water partition coefficient (Wildman–Crippen LogP) is 8.55. The molecule has 8 unspecified atom stereocenters. The van der Waals surface area contributed by atoms with Crippen LogP contribution in [0.5, 0.6) is 11.5 Å². The maximum absolute atomic E-state index is 15.1. The molecule has 3 aromatic heterocycles. The van der Waals surface area contributed by atoms with Crippen molar-refractivity contribution < 1.29 is 60.4 Å². The van der Waals surface area contributed by atoms with Crippen molar-refractivity contribution in [2.75, 3.05) is 30.5 Å². The molecule has 27 heteroatoms. The molecular formula is C48H43Cl2N9O14P2. The van der Waals surface area contributed by atoms with Gasteiger partial charge in [0.1, 0.15) is 60.5 Å². The fourth-order valence-electron chi connectivity index (χ4n) is 7.79. The highest BCUT2D eigenvalue weighted by molar-refractivity contribution is 7.49. The highest BCUT2D eigenvalue weighted by Crippen LogP contribution is 2.56. The normalized spacial score (nSPS) is 20.9. The van der Waals surface area contributed by atoms with E-state index in [0.717, 1.165) is 4.57 Å². The van der Waals surface area contributed by atoms with E-state index < -0.39 is 83.2 Å². The van der Waals surface area contributed by atoms with Gasteiger partial charge >= 0.3 is 21.3 Å². The summed E-state index contributed by atoms with van der Waals surface area (Å²) in [5.41, 5.74) is 0.320. The van der Waals surface area contributed by atoms with E-state index in [2.05, 4.69) is 30.6 Å². The number of nitrogens with zero attached hydrogens (tertiary/aromatic N) is 7. The molecule has 0 spiro atoms. The molecule has 2 fully saturated rings. The lowest BCUT2D eigenvalue weighted by Crippen LogP contribution is -2.31. The number of imidazole rings is 1. The lowest BCUT2D eigenvalue weighted by molar-refractivity contribution is -0.0557. The molecule has 0 aliphatic carbocycles. The quantitative estimate of drug-likeness (QED) is 0.0448. The minimum absolute atomic E-state index is 0.0111. The van der Waals surface area contributed by atoms with Crippen molar-refractivity contribution in [1.29, 1.82) is 5.26 Å². The molecule has 9 rings (SSSR count). The molecule has 0 bridgehead atoms. The fourth-order valence-corrected chi connectivity index (χ4v) is 10.9. The first kappa shape index (κ1) is 52.9. The van der Waals surface area contributed by atoms with Crippen LogP contribution in [0.15, 0.2) is 139 Å². The molecule has 0 saturated carbocycles. The first-order chi connectivity index (χ1) is 36.3. The summed E-state index contributed by atoms with van der Waals surface area (Å²) < 4.78 is 80.4. The number of phosphoric acid groups is 2. The van der Waals surface area contributed by atoms with E-state index in [4.69, 9.17) is 59.8 Å². The lowest BCUT2D eigenvalue weighted by Gasteiger charge is -2.27. The Balaban J connectivity index is 0.982. The van der Waals surface area contributed by atoms with Crippen LogP contribution < -0.4 is 25.4 Å². The zero-order valence-corrected chi connectivity index (χ0v) is 42.2. The Morgan fingerprint density at radius 2 is 1.29 bits per heavy atom. The monoisotopic (exact) mass is 1100 g/mol. The maximum Gasteiger partial charge on any atom is 0.530 e. The first-order valence-corrected chi connectivity index (χ1v) is 26.5. The zero-order valence-electron chi connectivity index (χ0n) is 38.9. The number of ether oxygens (including phenoxy) is 2. The van der Waals surface area contributed by atoms with Crippen LogP contribution in [-0.4, -0.2) is 90.2 Å². The lowest BCUT2D eigenvalue weighted by atomic mass is 10.2. The van der Waals surface area contributed by atoms with Crippen LogP contribution >= 0.6 is 38.8 Å². The van der Waals surface area contributed by atoms with Gasteiger partial charge in [-0.3, -0.25) is 36.8 Å². The number of carbonyl (C=O) groups is 2. The number of aliphatic hydroxyl groups excluding tert-OH is 1. The largest absolute Gasteiger partial charge is 0.530 e. The van der Waals surface area contributed by atoms with Crippen molar-refractivity contribution >= 4 is 73.5 Å². The highest BCUT2D eigenvalue weighted by Gasteiger charge is 2.48. The number of aliphatic hydroxyl groups is 1. The molecule has 8 atom stereocenters. The molecule has 7 aromatic rings. The second kappa shape index (κ2) is 23.8. The molecule has 2 amide bonds. The highest BCUT2D eigenvalue weighted by atomic mass is 35.5. The number of fused-ring (bicyclic) bond motifs is 1. The second-order valence-electron chi connectivity index (χ2n) is 16.4. The van der Waals surface area contributed by atoms with E-state index in [1.807, 2.05) is 6.07 Å². The number of hydrogen-bond donors (Lipinski definition) is 3. The van der Waals surface area contributed by atoms with Crippen LogP contribution in [0.2, 0.25) is 10.0 Å². The van der Waals surface area contributed by atoms with Crippen molar-refractivity contribution in [3.05, 3.63) is 166 Å². The van der Waals surface area contributed by atoms with Crippen molar-refractivity contribution in [2.45, 2.75) is 56.1 Å². The van der Waals surface area contributed by atoms with E-state index in [0.29, 0.717) is 21.2 Å².